The van der Waals surface area contributed by atoms with E-state index in [1.54, 1.807) is 12.1 Å². The Morgan fingerprint density at radius 2 is 1.47 bits per heavy atom. The van der Waals surface area contributed by atoms with Crippen molar-refractivity contribution in [2.45, 2.75) is 13.8 Å². The first kappa shape index (κ1) is 19.3. The van der Waals surface area contributed by atoms with Gasteiger partial charge < -0.3 is 10.6 Å². The van der Waals surface area contributed by atoms with Gasteiger partial charge in [-0.2, -0.15) is 0 Å². The van der Waals surface area contributed by atoms with Gasteiger partial charge >= 0.3 is 0 Å². The SMILES string of the molecule is Cc1cccc(NC(=O)c2cccc(Nc3ccc(-c4cccc(C)c4)nn3)c2)c1. The van der Waals surface area contributed by atoms with E-state index in [0.29, 0.717) is 11.4 Å². The van der Waals surface area contributed by atoms with E-state index in [1.165, 1.54) is 5.56 Å². The molecule has 1 aromatic heterocycles. The average molecular weight is 394 g/mol. The van der Waals surface area contributed by atoms with Crippen molar-refractivity contribution in [1.82, 2.24) is 10.2 Å². The van der Waals surface area contributed by atoms with Crippen molar-refractivity contribution in [3.05, 3.63) is 102 Å². The molecule has 1 amide bonds. The maximum absolute atomic E-state index is 12.6. The van der Waals surface area contributed by atoms with Gasteiger partial charge in [0, 0.05) is 22.5 Å². The number of benzene rings is 3. The highest BCUT2D eigenvalue weighted by Gasteiger charge is 2.08. The first-order valence-electron chi connectivity index (χ1n) is 9.73. The lowest BCUT2D eigenvalue weighted by molar-refractivity contribution is 0.102. The van der Waals surface area contributed by atoms with Crippen molar-refractivity contribution in [3.63, 3.8) is 0 Å². The van der Waals surface area contributed by atoms with Crippen LogP contribution in [0.1, 0.15) is 21.5 Å². The molecule has 0 unspecified atom stereocenters. The molecule has 0 aliphatic carbocycles. The van der Waals surface area contributed by atoms with Gasteiger partial charge in [-0.3, -0.25) is 4.79 Å². The van der Waals surface area contributed by atoms with E-state index < -0.39 is 0 Å². The second kappa shape index (κ2) is 8.57. The molecule has 0 saturated heterocycles. The minimum atomic E-state index is -0.162. The first-order valence-corrected chi connectivity index (χ1v) is 9.73. The quantitative estimate of drug-likeness (QED) is 0.452. The molecule has 0 atom stereocenters. The molecule has 4 aromatic rings. The number of hydrogen-bond acceptors (Lipinski definition) is 4. The van der Waals surface area contributed by atoms with E-state index in [2.05, 4.69) is 39.9 Å². The molecule has 30 heavy (non-hydrogen) atoms. The Bertz CT molecular complexity index is 1190. The minimum Gasteiger partial charge on any atom is -0.339 e. The van der Waals surface area contributed by atoms with E-state index in [9.17, 15) is 4.79 Å². The van der Waals surface area contributed by atoms with E-state index in [-0.39, 0.29) is 5.91 Å². The molecule has 1 heterocycles. The fourth-order valence-corrected chi connectivity index (χ4v) is 3.17. The minimum absolute atomic E-state index is 0.162. The van der Waals surface area contributed by atoms with Gasteiger partial charge in [0.05, 0.1) is 5.69 Å². The Balaban J connectivity index is 1.47. The summed E-state index contributed by atoms with van der Waals surface area (Å²) in [5.74, 6) is 0.452. The van der Waals surface area contributed by atoms with Crippen LogP contribution < -0.4 is 10.6 Å². The lowest BCUT2D eigenvalue weighted by Gasteiger charge is -2.09. The number of aryl methyl sites for hydroxylation is 2. The Hall–Kier alpha value is -3.99. The molecule has 0 aliphatic rings. The van der Waals surface area contributed by atoms with Crippen molar-refractivity contribution in [2.75, 3.05) is 10.6 Å². The fourth-order valence-electron chi connectivity index (χ4n) is 3.17. The monoisotopic (exact) mass is 394 g/mol. The summed E-state index contributed by atoms with van der Waals surface area (Å²) in [5.41, 5.74) is 6.22. The number of aromatic nitrogens is 2. The smallest absolute Gasteiger partial charge is 0.255 e. The molecule has 0 spiro atoms. The van der Waals surface area contributed by atoms with Crippen LogP contribution in [0, 0.1) is 13.8 Å². The van der Waals surface area contributed by atoms with Gasteiger partial charge in [0.25, 0.3) is 5.91 Å². The summed E-state index contributed by atoms with van der Waals surface area (Å²) >= 11 is 0. The molecule has 5 nitrogen and oxygen atoms in total. The van der Waals surface area contributed by atoms with E-state index >= 15 is 0 Å². The van der Waals surface area contributed by atoms with Crippen LogP contribution in [0.3, 0.4) is 0 Å². The highest BCUT2D eigenvalue weighted by molar-refractivity contribution is 6.04. The number of carbonyl (C=O) groups excluding carboxylic acids is 1. The predicted octanol–water partition coefficient (Wildman–Crippen LogP) is 5.76. The van der Waals surface area contributed by atoms with Crippen LogP contribution in [0.4, 0.5) is 17.2 Å². The van der Waals surface area contributed by atoms with Crippen LogP contribution in [0.5, 0.6) is 0 Å². The van der Waals surface area contributed by atoms with Gasteiger partial charge in [0.1, 0.15) is 0 Å². The number of nitrogens with zero attached hydrogens (tertiary/aromatic N) is 2. The zero-order valence-corrected chi connectivity index (χ0v) is 16.9. The Labute approximate surface area is 175 Å². The number of rotatable bonds is 5. The zero-order chi connectivity index (χ0) is 20.9. The number of hydrogen-bond donors (Lipinski definition) is 2. The van der Waals surface area contributed by atoms with Crippen LogP contribution in [0.15, 0.2) is 84.9 Å². The largest absolute Gasteiger partial charge is 0.339 e. The topological polar surface area (TPSA) is 66.9 Å². The second-order valence-corrected chi connectivity index (χ2v) is 7.20. The van der Waals surface area contributed by atoms with Crippen molar-refractivity contribution in [2.24, 2.45) is 0 Å². The number of carbonyl (C=O) groups is 1. The van der Waals surface area contributed by atoms with E-state index in [1.807, 2.05) is 67.6 Å². The lowest BCUT2D eigenvalue weighted by atomic mass is 10.1. The normalized spacial score (nSPS) is 10.5. The van der Waals surface area contributed by atoms with Gasteiger partial charge in [-0.05, 0) is 67.9 Å². The summed E-state index contributed by atoms with van der Waals surface area (Å²) < 4.78 is 0. The first-order chi connectivity index (χ1) is 14.6. The molecule has 0 radical (unpaired) electrons. The van der Waals surface area contributed by atoms with E-state index in [0.717, 1.165) is 28.2 Å². The van der Waals surface area contributed by atoms with Gasteiger partial charge in [-0.1, -0.05) is 42.0 Å². The molecule has 2 N–H and O–H groups in total. The molecule has 0 aliphatic heterocycles. The molecule has 4 rings (SSSR count). The highest BCUT2D eigenvalue weighted by atomic mass is 16.1. The molecule has 5 heteroatoms. The van der Waals surface area contributed by atoms with Crippen molar-refractivity contribution >= 4 is 23.1 Å². The molecule has 148 valence electrons. The highest BCUT2D eigenvalue weighted by Crippen LogP contribution is 2.21. The van der Waals surface area contributed by atoms with Crippen LogP contribution in [0.25, 0.3) is 11.3 Å². The number of nitrogens with one attached hydrogen (secondary N) is 2. The third-order valence-electron chi connectivity index (χ3n) is 4.65. The molecule has 3 aromatic carbocycles. The van der Waals surface area contributed by atoms with Crippen molar-refractivity contribution in [3.8, 4) is 11.3 Å². The number of amides is 1. The van der Waals surface area contributed by atoms with Crippen molar-refractivity contribution in [1.29, 1.82) is 0 Å². The van der Waals surface area contributed by atoms with Gasteiger partial charge in [-0.15, -0.1) is 10.2 Å². The maximum atomic E-state index is 12.6. The number of anilines is 3. The molecule has 0 bridgehead atoms. The van der Waals surface area contributed by atoms with Crippen LogP contribution in [0.2, 0.25) is 0 Å². The standard InChI is InChI=1S/C25H22N4O/c1-17-6-3-8-19(14-17)23-12-13-24(29-28-23)26-22-11-5-9-20(16-22)25(30)27-21-10-4-7-18(2)15-21/h3-16H,1-2H3,(H,26,29)(H,27,30). The van der Waals surface area contributed by atoms with Gasteiger partial charge in [0.15, 0.2) is 5.82 Å². The summed E-state index contributed by atoms with van der Waals surface area (Å²) in [5, 5.41) is 14.7. The molecule has 0 saturated carbocycles. The summed E-state index contributed by atoms with van der Waals surface area (Å²) in [7, 11) is 0. The van der Waals surface area contributed by atoms with Gasteiger partial charge in [0.2, 0.25) is 0 Å². The predicted molar refractivity (Wildman–Crippen MR) is 121 cm³/mol. The summed E-state index contributed by atoms with van der Waals surface area (Å²) in [6.07, 6.45) is 0. The summed E-state index contributed by atoms with van der Waals surface area (Å²) in [6, 6.07) is 27.0. The van der Waals surface area contributed by atoms with Gasteiger partial charge in [-0.25, -0.2) is 0 Å². The average Bonchev–Trinajstić information content (AvgIpc) is 2.74. The fraction of sp³-hybridized carbons (Fsp3) is 0.0800. The van der Waals surface area contributed by atoms with Crippen LogP contribution in [-0.4, -0.2) is 16.1 Å². The Morgan fingerprint density at radius 3 is 2.20 bits per heavy atom. The zero-order valence-electron chi connectivity index (χ0n) is 16.9. The third-order valence-corrected chi connectivity index (χ3v) is 4.65. The van der Waals surface area contributed by atoms with E-state index in [4.69, 9.17) is 0 Å². The molecular weight excluding hydrogens is 372 g/mol. The van der Waals surface area contributed by atoms with Crippen molar-refractivity contribution < 1.29 is 4.79 Å². The second-order valence-electron chi connectivity index (χ2n) is 7.20. The molecular formula is C25H22N4O. The van der Waals surface area contributed by atoms with Crippen LogP contribution in [-0.2, 0) is 0 Å². The molecule has 0 fully saturated rings. The third kappa shape index (κ3) is 4.70. The maximum Gasteiger partial charge on any atom is 0.255 e. The Morgan fingerprint density at radius 1 is 0.733 bits per heavy atom. The summed E-state index contributed by atoms with van der Waals surface area (Å²) in [6.45, 7) is 4.04. The van der Waals surface area contributed by atoms with Crippen LogP contribution >= 0.6 is 0 Å². The lowest BCUT2D eigenvalue weighted by Crippen LogP contribution is -2.12. The Kier molecular flexibility index (Phi) is 5.52. The summed E-state index contributed by atoms with van der Waals surface area (Å²) in [4.78, 5) is 12.6.